The Labute approximate surface area is 154 Å². The van der Waals surface area contributed by atoms with Gasteiger partial charge in [-0.2, -0.15) is 5.10 Å². The Balaban J connectivity index is 1.53. The van der Waals surface area contributed by atoms with Gasteiger partial charge in [0.15, 0.2) is 5.82 Å². The van der Waals surface area contributed by atoms with Crippen LogP contribution in [0.15, 0.2) is 49.1 Å². The highest BCUT2D eigenvalue weighted by atomic mass is 19.1. The van der Waals surface area contributed by atoms with Crippen molar-refractivity contribution in [2.75, 3.05) is 16.8 Å². The first-order chi connectivity index (χ1) is 13.0. The van der Waals surface area contributed by atoms with Crippen LogP contribution in [-0.2, 0) is 11.2 Å². The van der Waals surface area contributed by atoms with E-state index >= 15 is 0 Å². The number of nitrogens with one attached hydrogen (secondary N) is 1. The number of rotatable bonds is 3. The number of hydrogen-bond acceptors (Lipinski definition) is 4. The lowest BCUT2D eigenvalue weighted by atomic mass is 10.1. The van der Waals surface area contributed by atoms with Crippen molar-refractivity contribution < 1.29 is 14.0 Å². The summed E-state index contributed by atoms with van der Waals surface area (Å²) in [7, 11) is 0. The van der Waals surface area contributed by atoms with E-state index in [1.807, 2.05) is 0 Å². The van der Waals surface area contributed by atoms with Gasteiger partial charge in [-0.05, 0) is 48.4 Å². The van der Waals surface area contributed by atoms with Crippen LogP contribution in [0.1, 0.15) is 22.8 Å². The van der Waals surface area contributed by atoms with E-state index in [0.717, 1.165) is 11.3 Å². The van der Waals surface area contributed by atoms with Crippen LogP contribution in [0.2, 0.25) is 0 Å². The molecule has 1 aromatic heterocycles. The summed E-state index contributed by atoms with van der Waals surface area (Å²) < 4.78 is 15.6. The zero-order valence-corrected chi connectivity index (χ0v) is 14.5. The largest absolute Gasteiger partial charge is 0.322 e. The molecule has 0 atom stereocenters. The molecule has 3 aromatic rings. The fourth-order valence-corrected chi connectivity index (χ4v) is 3.18. The lowest BCUT2D eigenvalue weighted by Gasteiger charge is -2.15. The predicted molar refractivity (Wildman–Crippen MR) is 97.4 cm³/mol. The van der Waals surface area contributed by atoms with Gasteiger partial charge in [-0.15, -0.1) is 0 Å². The van der Waals surface area contributed by atoms with Gasteiger partial charge in [0.2, 0.25) is 5.91 Å². The molecule has 0 bridgehead atoms. The Kier molecular flexibility index (Phi) is 4.15. The minimum atomic E-state index is -0.524. The Morgan fingerprint density at radius 1 is 1.15 bits per heavy atom. The number of fused-ring (bicyclic) bond motifs is 1. The molecule has 8 heteroatoms. The minimum absolute atomic E-state index is 0.0195. The fourth-order valence-electron chi connectivity index (χ4n) is 3.18. The first kappa shape index (κ1) is 16.9. The van der Waals surface area contributed by atoms with Crippen LogP contribution in [0.3, 0.4) is 0 Å². The lowest BCUT2D eigenvalue weighted by Crippen LogP contribution is -2.25. The molecule has 0 fully saturated rings. The smallest absolute Gasteiger partial charge is 0.255 e. The molecule has 1 N–H and O–H groups in total. The number of anilines is 2. The monoisotopic (exact) mass is 365 g/mol. The van der Waals surface area contributed by atoms with E-state index < -0.39 is 5.82 Å². The van der Waals surface area contributed by atoms with Crippen molar-refractivity contribution in [1.29, 1.82) is 0 Å². The van der Waals surface area contributed by atoms with E-state index in [1.54, 1.807) is 29.2 Å². The molecule has 1 aliphatic heterocycles. The van der Waals surface area contributed by atoms with Crippen molar-refractivity contribution >= 4 is 23.2 Å². The molecular weight excluding hydrogens is 349 g/mol. The Bertz CT molecular complexity index is 1030. The number of carbonyl (C=O) groups excluding carboxylic acids is 2. The molecule has 0 radical (unpaired) electrons. The quantitative estimate of drug-likeness (QED) is 0.774. The van der Waals surface area contributed by atoms with E-state index in [0.29, 0.717) is 24.2 Å². The highest BCUT2D eigenvalue weighted by Crippen LogP contribution is 2.29. The van der Waals surface area contributed by atoms with Gasteiger partial charge < -0.3 is 10.2 Å². The van der Waals surface area contributed by atoms with Crippen LogP contribution in [0, 0.1) is 5.82 Å². The number of amides is 2. The van der Waals surface area contributed by atoms with Gasteiger partial charge in [-0.3, -0.25) is 9.59 Å². The molecule has 136 valence electrons. The third kappa shape index (κ3) is 3.17. The Morgan fingerprint density at radius 3 is 2.67 bits per heavy atom. The molecule has 0 unspecified atom stereocenters. The molecule has 7 nitrogen and oxygen atoms in total. The number of benzene rings is 2. The zero-order valence-electron chi connectivity index (χ0n) is 14.5. The van der Waals surface area contributed by atoms with Crippen molar-refractivity contribution in [2.24, 2.45) is 0 Å². The predicted octanol–water partition coefficient (Wildman–Crippen LogP) is 2.57. The van der Waals surface area contributed by atoms with Gasteiger partial charge >= 0.3 is 0 Å². The van der Waals surface area contributed by atoms with Crippen LogP contribution in [0.5, 0.6) is 0 Å². The summed E-state index contributed by atoms with van der Waals surface area (Å²) in [6.45, 7) is 2.14. The van der Waals surface area contributed by atoms with Crippen LogP contribution in [0.4, 0.5) is 15.8 Å². The summed E-state index contributed by atoms with van der Waals surface area (Å²) in [5, 5.41) is 6.58. The van der Waals surface area contributed by atoms with E-state index in [4.69, 9.17) is 0 Å². The average molecular weight is 365 g/mol. The van der Waals surface area contributed by atoms with E-state index in [-0.39, 0.29) is 17.5 Å². The highest BCUT2D eigenvalue weighted by molar-refractivity contribution is 6.05. The second-order valence-electron chi connectivity index (χ2n) is 6.22. The van der Waals surface area contributed by atoms with Crippen LogP contribution < -0.4 is 10.2 Å². The molecule has 1 aliphatic rings. The summed E-state index contributed by atoms with van der Waals surface area (Å²) in [6, 6.07) is 9.56. The van der Waals surface area contributed by atoms with Gasteiger partial charge in [-0.25, -0.2) is 14.1 Å². The van der Waals surface area contributed by atoms with E-state index in [1.165, 1.54) is 36.4 Å². The molecular formula is C19H16FN5O2. The molecule has 2 aromatic carbocycles. The van der Waals surface area contributed by atoms with Gasteiger partial charge in [0.1, 0.15) is 18.3 Å². The first-order valence-corrected chi connectivity index (χ1v) is 8.40. The second kappa shape index (κ2) is 6.64. The minimum Gasteiger partial charge on any atom is -0.322 e. The maximum Gasteiger partial charge on any atom is 0.255 e. The van der Waals surface area contributed by atoms with Crippen molar-refractivity contribution in [3.63, 3.8) is 0 Å². The lowest BCUT2D eigenvalue weighted by molar-refractivity contribution is -0.116. The molecule has 27 heavy (non-hydrogen) atoms. The topological polar surface area (TPSA) is 80.1 Å². The van der Waals surface area contributed by atoms with Gasteiger partial charge in [0, 0.05) is 30.4 Å². The maximum absolute atomic E-state index is 14.3. The molecule has 0 spiro atoms. The van der Waals surface area contributed by atoms with Crippen LogP contribution in [0.25, 0.3) is 5.69 Å². The third-order valence-corrected chi connectivity index (χ3v) is 4.49. The normalized spacial score (nSPS) is 12.7. The zero-order chi connectivity index (χ0) is 19.0. The first-order valence-electron chi connectivity index (χ1n) is 8.40. The summed E-state index contributed by atoms with van der Waals surface area (Å²) in [4.78, 5) is 29.6. The standard InChI is InChI=1S/C19H16FN5O2/c1-12(26)24-7-6-13-8-14(2-4-17(13)24)19(27)23-15-3-5-18(16(20)9-15)25-11-21-10-22-25/h2-5,8-11H,6-7H2,1H3,(H,23,27). The van der Waals surface area contributed by atoms with Crippen molar-refractivity contribution in [1.82, 2.24) is 14.8 Å². The van der Waals surface area contributed by atoms with Crippen LogP contribution in [-0.4, -0.2) is 33.1 Å². The molecule has 0 saturated heterocycles. The molecule has 0 aliphatic carbocycles. The fraction of sp³-hybridized carbons (Fsp3) is 0.158. The van der Waals surface area contributed by atoms with Crippen molar-refractivity contribution in [3.05, 3.63) is 66.0 Å². The van der Waals surface area contributed by atoms with Gasteiger partial charge in [-0.1, -0.05) is 0 Å². The number of hydrogen-bond donors (Lipinski definition) is 1. The summed E-state index contributed by atoms with van der Waals surface area (Å²) in [6.07, 6.45) is 3.42. The van der Waals surface area contributed by atoms with E-state index in [2.05, 4.69) is 15.4 Å². The van der Waals surface area contributed by atoms with E-state index in [9.17, 15) is 14.0 Å². The van der Waals surface area contributed by atoms with Crippen molar-refractivity contribution in [2.45, 2.75) is 13.3 Å². The molecule has 2 heterocycles. The molecule has 2 amide bonds. The second-order valence-corrected chi connectivity index (χ2v) is 6.22. The number of nitrogens with zero attached hydrogens (tertiary/aromatic N) is 4. The molecule has 0 saturated carbocycles. The molecule has 4 rings (SSSR count). The van der Waals surface area contributed by atoms with Crippen molar-refractivity contribution in [3.8, 4) is 5.69 Å². The third-order valence-electron chi connectivity index (χ3n) is 4.49. The highest BCUT2D eigenvalue weighted by Gasteiger charge is 2.23. The summed E-state index contributed by atoms with van der Waals surface area (Å²) >= 11 is 0. The summed E-state index contributed by atoms with van der Waals surface area (Å²) in [5.41, 5.74) is 2.83. The van der Waals surface area contributed by atoms with Crippen LogP contribution >= 0.6 is 0 Å². The number of halogens is 1. The Morgan fingerprint density at radius 2 is 1.96 bits per heavy atom. The Hall–Kier alpha value is -3.55. The average Bonchev–Trinajstić information content (AvgIpc) is 3.31. The SMILES string of the molecule is CC(=O)N1CCc2cc(C(=O)Nc3ccc(-n4cncn4)c(F)c3)ccc21. The maximum atomic E-state index is 14.3. The number of carbonyl (C=O) groups is 2. The van der Waals surface area contributed by atoms with Gasteiger partial charge in [0.05, 0.1) is 0 Å². The van der Waals surface area contributed by atoms with Gasteiger partial charge in [0.25, 0.3) is 5.91 Å². The summed E-state index contributed by atoms with van der Waals surface area (Å²) in [5.74, 6) is -0.884. The number of aromatic nitrogens is 3.